The van der Waals surface area contributed by atoms with Crippen molar-refractivity contribution >= 4 is 24.1 Å². The van der Waals surface area contributed by atoms with Gasteiger partial charge in [-0.15, -0.1) is 0 Å². The number of carbonyl (C=O) groups is 3. The monoisotopic (exact) mass is 311 g/mol. The third kappa shape index (κ3) is 9.44. The quantitative estimate of drug-likeness (QED) is 0.238. The zero-order chi connectivity index (χ0) is 17.2. The molecule has 0 aromatic rings. The zero-order valence-corrected chi connectivity index (χ0v) is 13.0. The van der Waals surface area contributed by atoms with E-state index in [1.807, 2.05) is 0 Å². The molecule has 8 heteroatoms. The van der Waals surface area contributed by atoms with Gasteiger partial charge in [-0.25, -0.2) is 9.59 Å². The molecule has 1 atom stereocenters. The Morgan fingerprint density at radius 2 is 2.00 bits per heavy atom. The highest BCUT2D eigenvalue weighted by molar-refractivity contribution is 6.25. The number of carbonyl (C=O) groups excluding carboxylic acids is 3. The molecule has 122 valence electrons. The normalized spacial score (nSPS) is 11.6. The van der Waals surface area contributed by atoms with Gasteiger partial charge in [0, 0.05) is 6.42 Å². The summed E-state index contributed by atoms with van der Waals surface area (Å²) in [5, 5.41) is 2.35. The summed E-state index contributed by atoms with van der Waals surface area (Å²) < 4.78 is 9.90. The second-order valence-corrected chi connectivity index (χ2v) is 5.37. The smallest absolute Gasteiger partial charge is 0.408 e. The van der Waals surface area contributed by atoms with Crippen LogP contribution in [0, 0.1) is 0 Å². The molecule has 0 unspecified atom stereocenters. The molecule has 0 radical (unpaired) electrons. The Kier molecular flexibility index (Phi) is 8.40. The minimum absolute atomic E-state index is 0.0138. The van der Waals surface area contributed by atoms with Gasteiger partial charge in [0.2, 0.25) is 5.78 Å². The Morgan fingerprint density at radius 3 is 2.50 bits per heavy atom. The van der Waals surface area contributed by atoms with Crippen molar-refractivity contribution in [3.63, 3.8) is 0 Å². The first kappa shape index (κ1) is 19.5. The molecule has 0 aliphatic rings. The molecule has 1 amide bonds. The fraction of sp³-hybridized carbons (Fsp3) is 0.571. The van der Waals surface area contributed by atoms with Crippen LogP contribution >= 0.6 is 0 Å². The molecule has 0 saturated heterocycles. The summed E-state index contributed by atoms with van der Waals surface area (Å²) in [4.78, 5) is 37.4. The molecule has 0 heterocycles. The fourth-order valence-electron chi connectivity index (χ4n) is 1.36. The van der Waals surface area contributed by atoms with E-state index < -0.39 is 29.5 Å². The molecular formula is C14H21N3O5. The third-order valence-electron chi connectivity index (χ3n) is 2.20. The Hall–Kier alpha value is -2.47. The molecule has 0 aromatic carbocycles. The van der Waals surface area contributed by atoms with Crippen molar-refractivity contribution in [3.05, 3.63) is 18.2 Å². The number of ketones is 1. The molecule has 0 spiro atoms. The predicted octanol–water partition coefficient (Wildman–Crippen LogP) is 1.26. The average molecular weight is 311 g/mol. The molecule has 0 rings (SSSR count). The van der Waals surface area contributed by atoms with Crippen molar-refractivity contribution in [3.8, 4) is 0 Å². The number of alkyl carbamates (subject to hydrolysis) is 1. The van der Waals surface area contributed by atoms with Crippen LogP contribution in [0.25, 0.3) is 5.53 Å². The lowest BCUT2D eigenvalue weighted by atomic mass is 10.1. The molecule has 0 saturated carbocycles. The summed E-state index contributed by atoms with van der Waals surface area (Å²) in [7, 11) is 0. The van der Waals surface area contributed by atoms with Gasteiger partial charge < -0.3 is 20.3 Å². The van der Waals surface area contributed by atoms with Crippen molar-refractivity contribution < 1.29 is 28.6 Å². The molecule has 0 aromatic heterocycles. The average Bonchev–Trinajstić information content (AvgIpc) is 2.39. The van der Waals surface area contributed by atoms with Crippen molar-refractivity contribution in [1.82, 2.24) is 5.32 Å². The largest absolute Gasteiger partial charge is 0.460 e. The maximum atomic E-state index is 11.8. The van der Waals surface area contributed by atoms with Crippen LogP contribution in [-0.4, -0.2) is 47.1 Å². The lowest BCUT2D eigenvalue weighted by Gasteiger charge is -2.22. The van der Waals surface area contributed by atoms with E-state index >= 15 is 0 Å². The highest BCUT2D eigenvalue weighted by Crippen LogP contribution is 2.08. The van der Waals surface area contributed by atoms with Crippen LogP contribution in [0.1, 0.15) is 33.6 Å². The van der Waals surface area contributed by atoms with E-state index in [4.69, 9.17) is 15.0 Å². The van der Waals surface area contributed by atoms with Crippen molar-refractivity contribution in [1.29, 1.82) is 0 Å². The van der Waals surface area contributed by atoms with Crippen LogP contribution in [0.4, 0.5) is 4.79 Å². The first-order valence-corrected chi connectivity index (χ1v) is 6.67. The van der Waals surface area contributed by atoms with Gasteiger partial charge >= 0.3 is 18.3 Å². The second-order valence-electron chi connectivity index (χ2n) is 5.37. The number of nitrogens with one attached hydrogen (secondary N) is 1. The van der Waals surface area contributed by atoms with E-state index in [0.717, 1.165) is 6.21 Å². The van der Waals surface area contributed by atoms with Crippen LogP contribution in [-0.2, 0) is 19.1 Å². The Balaban J connectivity index is 4.73. The fourth-order valence-corrected chi connectivity index (χ4v) is 1.36. The van der Waals surface area contributed by atoms with Gasteiger partial charge in [0.05, 0.1) is 0 Å². The number of rotatable bonds is 8. The SMILES string of the molecule is C=CCOC(=O)[C@H](CCC(=O)C=[N+]=[N-])NC(=O)OC(C)(C)C. The molecular weight excluding hydrogens is 290 g/mol. The van der Waals surface area contributed by atoms with E-state index in [1.165, 1.54) is 6.08 Å². The first-order chi connectivity index (χ1) is 10.2. The van der Waals surface area contributed by atoms with Crippen molar-refractivity contribution in [2.45, 2.75) is 45.3 Å². The third-order valence-corrected chi connectivity index (χ3v) is 2.20. The molecule has 1 N–H and O–H groups in total. The highest BCUT2D eigenvalue weighted by atomic mass is 16.6. The summed E-state index contributed by atoms with van der Waals surface area (Å²) in [6.45, 7) is 8.43. The Bertz CT molecular complexity index is 475. The molecule has 0 aliphatic heterocycles. The summed E-state index contributed by atoms with van der Waals surface area (Å²) >= 11 is 0. The Labute approximate surface area is 129 Å². The standard InChI is InChI=1S/C14H21N3O5/c1-5-8-21-12(19)11(7-6-10(18)9-16-15)17-13(20)22-14(2,3)4/h5,9,11H,1,6-8H2,2-4H3,(H,17,20)/t11-/m0/s1. The highest BCUT2D eigenvalue weighted by Gasteiger charge is 2.26. The molecule has 22 heavy (non-hydrogen) atoms. The molecule has 0 fully saturated rings. The van der Waals surface area contributed by atoms with Crippen LogP contribution in [0.5, 0.6) is 0 Å². The molecule has 0 bridgehead atoms. The van der Waals surface area contributed by atoms with Gasteiger partial charge in [-0.2, -0.15) is 4.79 Å². The van der Waals surface area contributed by atoms with Crippen LogP contribution in [0.15, 0.2) is 12.7 Å². The van der Waals surface area contributed by atoms with Gasteiger partial charge in [-0.3, -0.25) is 4.79 Å². The lowest BCUT2D eigenvalue weighted by Crippen LogP contribution is -2.44. The van der Waals surface area contributed by atoms with Crippen molar-refractivity contribution in [2.24, 2.45) is 0 Å². The van der Waals surface area contributed by atoms with E-state index in [-0.39, 0.29) is 19.4 Å². The van der Waals surface area contributed by atoms with E-state index in [9.17, 15) is 14.4 Å². The van der Waals surface area contributed by atoms with E-state index in [1.54, 1.807) is 20.8 Å². The van der Waals surface area contributed by atoms with Crippen LogP contribution < -0.4 is 5.32 Å². The van der Waals surface area contributed by atoms with Gasteiger partial charge in [-0.05, 0) is 27.2 Å². The number of amides is 1. The molecule has 0 aliphatic carbocycles. The minimum atomic E-state index is -1.05. The van der Waals surface area contributed by atoms with Gasteiger partial charge in [0.25, 0.3) is 0 Å². The van der Waals surface area contributed by atoms with Crippen molar-refractivity contribution in [2.75, 3.05) is 6.61 Å². The van der Waals surface area contributed by atoms with Gasteiger partial charge in [0.1, 0.15) is 18.2 Å². The maximum Gasteiger partial charge on any atom is 0.408 e. The predicted molar refractivity (Wildman–Crippen MR) is 78.2 cm³/mol. The van der Waals surface area contributed by atoms with Gasteiger partial charge in [-0.1, -0.05) is 12.7 Å². The zero-order valence-electron chi connectivity index (χ0n) is 13.0. The van der Waals surface area contributed by atoms with Crippen LogP contribution in [0.2, 0.25) is 0 Å². The Morgan fingerprint density at radius 1 is 1.36 bits per heavy atom. The topological polar surface area (TPSA) is 118 Å². The molecule has 8 nitrogen and oxygen atoms in total. The maximum absolute atomic E-state index is 11.8. The number of hydrogen-bond acceptors (Lipinski definition) is 5. The summed E-state index contributed by atoms with van der Waals surface area (Å²) in [6, 6.07) is -1.05. The summed E-state index contributed by atoms with van der Waals surface area (Å²) in [5.74, 6) is -1.20. The van der Waals surface area contributed by atoms with E-state index in [2.05, 4.69) is 16.7 Å². The number of esters is 1. The van der Waals surface area contributed by atoms with E-state index in [0.29, 0.717) is 0 Å². The minimum Gasteiger partial charge on any atom is -0.460 e. The first-order valence-electron chi connectivity index (χ1n) is 6.67. The summed E-state index contributed by atoms with van der Waals surface area (Å²) in [6.07, 6.45) is 1.19. The lowest BCUT2D eigenvalue weighted by molar-refractivity contribution is -0.145. The second kappa shape index (κ2) is 9.46. The number of hydrogen-bond donors (Lipinski definition) is 1. The summed E-state index contributed by atoms with van der Waals surface area (Å²) in [5.41, 5.74) is 7.53. The number of ether oxygens (including phenoxy) is 2. The van der Waals surface area contributed by atoms with Crippen LogP contribution in [0.3, 0.4) is 0 Å². The number of nitrogens with zero attached hydrogens (tertiary/aromatic N) is 2. The number of Topliss-reactive ketones (excluding diaryl/α,β-unsaturated/α-hetero) is 1. The van der Waals surface area contributed by atoms with Gasteiger partial charge in [0.15, 0.2) is 0 Å².